The summed E-state index contributed by atoms with van der Waals surface area (Å²) < 4.78 is 0. The van der Waals surface area contributed by atoms with Crippen molar-refractivity contribution in [2.45, 2.75) is 31.8 Å². The zero-order valence-corrected chi connectivity index (χ0v) is 18.4. The highest BCUT2D eigenvalue weighted by Crippen LogP contribution is 2.45. The maximum atomic E-state index is 13.2. The van der Waals surface area contributed by atoms with E-state index < -0.39 is 0 Å². The lowest BCUT2D eigenvalue weighted by Gasteiger charge is -2.34. The Morgan fingerprint density at radius 3 is 2.88 bits per heavy atom. The van der Waals surface area contributed by atoms with Crippen molar-refractivity contribution >= 4 is 34.4 Å². The molecular formula is C25H24N4O2S. The van der Waals surface area contributed by atoms with Crippen molar-refractivity contribution in [2.24, 2.45) is 0 Å². The van der Waals surface area contributed by atoms with Gasteiger partial charge in [-0.3, -0.25) is 14.6 Å². The molecule has 0 fully saturated rings. The first-order chi connectivity index (χ1) is 15.7. The number of carbonyl (C=O) groups excluding carboxylic acids is 2. The number of amides is 1. The fraction of sp³-hybridized carbons (Fsp3) is 0.240. The number of hydrogen-bond donors (Lipinski definition) is 2. The van der Waals surface area contributed by atoms with Crippen LogP contribution in [0.3, 0.4) is 0 Å². The zero-order valence-electron chi connectivity index (χ0n) is 17.6. The SMILES string of the molecule is O=C(CN1c2ccccc2NC2=C(C(=O)CCC2)[C@@H]1c1cccs1)NCc1cccnc1. The summed E-state index contributed by atoms with van der Waals surface area (Å²) in [5.41, 5.74) is 4.56. The first-order valence-corrected chi connectivity index (χ1v) is 11.7. The third kappa shape index (κ3) is 4.03. The van der Waals surface area contributed by atoms with Gasteiger partial charge in [0, 0.05) is 41.5 Å². The minimum Gasteiger partial charge on any atom is -0.357 e. The van der Waals surface area contributed by atoms with Crippen LogP contribution in [0, 0.1) is 0 Å². The van der Waals surface area contributed by atoms with Crippen molar-refractivity contribution < 1.29 is 9.59 Å². The summed E-state index contributed by atoms with van der Waals surface area (Å²) in [6.45, 7) is 0.558. The number of fused-ring (bicyclic) bond motifs is 1. The van der Waals surface area contributed by atoms with Gasteiger partial charge in [0.15, 0.2) is 5.78 Å². The number of hydrogen-bond acceptors (Lipinski definition) is 6. The van der Waals surface area contributed by atoms with Crippen LogP contribution in [0.15, 0.2) is 77.6 Å². The number of Topliss-reactive ketones (excluding diaryl/α,β-unsaturated/α-hetero) is 1. The van der Waals surface area contributed by atoms with E-state index >= 15 is 0 Å². The van der Waals surface area contributed by atoms with Crippen LogP contribution in [0.2, 0.25) is 0 Å². The van der Waals surface area contributed by atoms with Gasteiger partial charge in [-0.2, -0.15) is 0 Å². The molecular weight excluding hydrogens is 420 g/mol. The van der Waals surface area contributed by atoms with Crippen LogP contribution in [-0.2, 0) is 16.1 Å². The number of rotatable bonds is 5. The standard InChI is InChI=1S/C25H24N4O2S/c30-21-10-3-8-19-24(21)25(22-11-5-13-32-22)29(20-9-2-1-7-18(20)28-19)16-23(31)27-15-17-6-4-12-26-14-17/h1-2,4-7,9,11-14,25,28H,3,8,10,15-16H2,(H,27,31)/t25-/m0/s1. The number of benzene rings is 1. The van der Waals surface area contributed by atoms with Gasteiger partial charge in [0.05, 0.1) is 24.0 Å². The maximum Gasteiger partial charge on any atom is 0.239 e. The van der Waals surface area contributed by atoms with E-state index in [-0.39, 0.29) is 24.3 Å². The molecule has 0 saturated heterocycles. The van der Waals surface area contributed by atoms with E-state index in [2.05, 4.69) is 26.6 Å². The van der Waals surface area contributed by atoms with E-state index in [4.69, 9.17) is 0 Å². The summed E-state index contributed by atoms with van der Waals surface area (Å²) in [6.07, 6.45) is 5.68. The molecule has 1 atom stereocenters. The van der Waals surface area contributed by atoms with Crippen molar-refractivity contribution in [3.8, 4) is 0 Å². The van der Waals surface area contributed by atoms with Crippen molar-refractivity contribution in [3.63, 3.8) is 0 Å². The molecule has 1 amide bonds. The Morgan fingerprint density at radius 2 is 2.06 bits per heavy atom. The predicted molar refractivity (Wildman–Crippen MR) is 126 cm³/mol. The van der Waals surface area contributed by atoms with Crippen molar-refractivity contribution in [2.75, 3.05) is 16.8 Å². The number of para-hydroxylation sites is 2. The Hall–Kier alpha value is -3.45. The molecule has 0 bridgehead atoms. The Bertz CT molecular complexity index is 1160. The highest BCUT2D eigenvalue weighted by molar-refractivity contribution is 7.10. The molecule has 5 rings (SSSR count). The molecule has 0 radical (unpaired) electrons. The number of aromatic nitrogens is 1. The normalized spacial score (nSPS) is 17.8. The molecule has 0 saturated carbocycles. The lowest BCUT2D eigenvalue weighted by atomic mass is 9.88. The van der Waals surface area contributed by atoms with Gasteiger partial charge in [0.25, 0.3) is 0 Å². The average Bonchev–Trinajstić information content (AvgIpc) is 3.30. The third-order valence-electron chi connectivity index (χ3n) is 5.88. The van der Waals surface area contributed by atoms with E-state index in [9.17, 15) is 9.59 Å². The second-order valence-electron chi connectivity index (χ2n) is 7.99. The number of nitrogens with one attached hydrogen (secondary N) is 2. The highest BCUT2D eigenvalue weighted by Gasteiger charge is 2.37. The van der Waals surface area contributed by atoms with Gasteiger partial charge in [-0.05, 0) is 48.1 Å². The van der Waals surface area contributed by atoms with E-state index in [1.807, 2.05) is 47.8 Å². The number of nitrogens with zero attached hydrogens (tertiary/aromatic N) is 2. The Morgan fingerprint density at radius 1 is 1.16 bits per heavy atom. The van der Waals surface area contributed by atoms with Crippen LogP contribution in [0.5, 0.6) is 0 Å². The molecule has 0 unspecified atom stereocenters. The fourth-order valence-corrected chi connectivity index (χ4v) is 5.28. The lowest BCUT2D eigenvalue weighted by molar-refractivity contribution is -0.120. The molecule has 3 aromatic rings. The molecule has 2 aromatic heterocycles. The van der Waals surface area contributed by atoms with Gasteiger partial charge in [-0.15, -0.1) is 11.3 Å². The van der Waals surface area contributed by atoms with E-state index in [1.54, 1.807) is 23.7 Å². The molecule has 3 heterocycles. The molecule has 1 aromatic carbocycles. The minimum absolute atomic E-state index is 0.0995. The molecule has 32 heavy (non-hydrogen) atoms. The Kier molecular flexibility index (Phi) is 5.73. The summed E-state index contributed by atoms with van der Waals surface area (Å²) >= 11 is 1.62. The zero-order chi connectivity index (χ0) is 21.9. The van der Waals surface area contributed by atoms with E-state index in [1.165, 1.54) is 0 Å². The van der Waals surface area contributed by atoms with Crippen molar-refractivity contribution in [1.82, 2.24) is 10.3 Å². The van der Waals surface area contributed by atoms with E-state index in [0.717, 1.165) is 45.9 Å². The summed E-state index contributed by atoms with van der Waals surface area (Å²) in [7, 11) is 0. The Labute approximate surface area is 191 Å². The van der Waals surface area contributed by atoms with Crippen LogP contribution >= 0.6 is 11.3 Å². The predicted octanol–water partition coefficient (Wildman–Crippen LogP) is 4.44. The molecule has 0 spiro atoms. The quantitative estimate of drug-likeness (QED) is 0.609. The topological polar surface area (TPSA) is 74.3 Å². The second kappa shape index (κ2) is 8.96. The number of pyridine rings is 1. The second-order valence-corrected chi connectivity index (χ2v) is 8.97. The molecule has 6 nitrogen and oxygen atoms in total. The summed E-state index contributed by atoms with van der Waals surface area (Å²) in [5.74, 6) is 0.0586. The van der Waals surface area contributed by atoms with Crippen LogP contribution in [0.25, 0.3) is 0 Å². The largest absolute Gasteiger partial charge is 0.357 e. The molecule has 7 heteroatoms. The number of allylic oxidation sites excluding steroid dienone is 1. The van der Waals surface area contributed by atoms with Crippen LogP contribution in [0.4, 0.5) is 11.4 Å². The van der Waals surface area contributed by atoms with Crippen molar-refractivity contribution in [1.29, 1.82) is 0 Å². The third-order valence-corrected chi connectivity index (χ3v) is 6.80. The number of carbonyl (C=O) groups is 2. The van der Waals surface area contributed by atoms with Gasteiger partial charge < -0.3 is 15.5 Å². The van der Waals surface area contributed by atoms with Gasteiger partial charge >= 0.3 is 0 Å². The molecule has 2 aliphatic rings. The summed E-state index contributed by atoms with van der Waals surface area (Å²) in [6, 6.07) is 15.5. The van der Waals surface area contributed by atoms with Crippen molar-refractivity contribution in [3.05, 3.63) is 88.0 Å². The highest BCUT2D eigenvalue weighted by atomic mass is 32.1. The minimum atomic E-state index is -0.293. The molecule has 1 aliphatic heterocycles. The number of thiophene rings is 1. The van der Waals surface area contributed by atoms with Crippen LogP contribution < -0.4 is 15.5 Å². The fourth-order valence-electron chi connectivity index (χ4n) is 4.43. The van der Waals surface area contributed by atoms with Gasteiger partial charge in [-0.1, -0.05) is 24.3 Å². The number of ketones is 1. The summed E-state index contributed by atoms with van der Waals surface area (Å²) in [4.78, 5) is 33.5. The van der Waals surface area contributed by atoms with Crippen LogP contribution in [0.1, 0.15) is 35.7 Å². The van der Waals surface area contributed by atoms with Crippen LogP contribution in [-0.4, -0.2) is 23.2 Å². The number of anilines is 2. The van der Waals surface area contributed by atoms with Gasteiger partial charge in [-0.25, -0.2) is 0 Å². The molecule has 1 aliphatic carbocycles. The van der Waals surface area contributed by atoms with E-state index in [0.29, 0.717) is 13.0 Å². The Balaban J connectivity index is 1.52. The first kappa shape index (κ1) is 20.5. The monoisotopic (exact) mass is 444 g/mol. The molecule has 2 N–H and O–H groups in total. The van der Waals surface area contributed by atoms with Gasteiger partial charge in [0.1, 0.15) is 0 Å². The summed E-state index contributed by atoms with van der Waals surface area (Å²) in [5, 5.41) is 8.56. The smallest absolute Gasteiger partial charge is 0.239 e. The average molecular weight is 445 g/mol. The maximum absolute atomic E-state index is 13.2. The first-order valence-electron chi connectivity index (χ1n) is 10.8. The lowest BCUT2D eigenvalue weighted by Crippen LogP contribution is -2.40. The van der Waals surface area contributed by atoms with Gasteiger partial charge in [0.2, 0.25) is 5.91 Å². The molecule has 162 valence electrons.